The van der Waals surface area contributed by atoms with Gasteiger partial charge in [0.25, 0.3) is 0 Å². The molecule has 3 nitrogen and oxygen atoms in total. The fourth-order valence-electron chi connectivity index (χ4n) is 3.65. The first-order valence-corrected chi connectivity index (χ1v) is 10.8. The first kappa shape index (κ1) is 18.1. The third-order valence-electron chi connectivity index (χ3n) is 5.11. The molecular weight excluding hydrogens is 359 g/mol. The Labute approximate surface area is 161 Å². The van der Waals surface area contributed by atoms with Crippen LogP contribution in [0.15, 0.2) is 60.8 Å². The Balaban J connectivity index is 1.34. The molecule has 2 N–H and O–H groups in total. The zero-order chi connectivity index (χ0) is 18.6. The minimum absolute atomic E-state index is 0.263. The second-order valence-corrected chi connectivity index (χ2v) is 8.56. The number of nitrogens with one attached hydrogen (secondary N) is 2. The van der Waals surface area contributed by atoms with Crippen molar-refractivity contribution in [3.63, 3.8) is 0 Å². The quantitative estimate of drug-likeness (QED) is 0.664. The molecule has 1 aromatic heterocycles. The molecule has 2 heterocycles. The van der Waals surface area contributed by atoms with Gasteiger partial charge >= 0.3 is 0 Å². The molecule has 140 valence electrons. The number of rotatable bonds is 6. The molecule has 1 aliphatic heterocycles. The van der Waals surface area contributed by atoms with E-state index in [0.29, 0.717) is 17.5 Å². The standard InChI is InChI=1S/C22H23FN2OS/c23-19-6-7-22-21(13-19)18(14-25-22)15-27(26)11-9-20-12-17(8-10-24-20)16-4-2-1-3-5-16/h1-8,13-14,20,24-25H,9-12,15H2. The van der Waals surface area contributed by atoms with Crippen molar-refractivity contribution < 1.29 is 8.60 Å². The van der Waals surface area contributed by atoms with Gasteiger partial charge in [0.15, 0.2) is 0 Å². The highest BCUT2D eigenvalue weighted by Crippen LogP contribution is 2.24. The van der Waals surface area contributed by atoms with Gasteiger partial charge < -0.3 is 10.3 Å². The molecule has 0 saturated carbocycles. The number of H-pyrrole nitrogens is 1. The maximum absolute atomic E-state index is 13.5. The maximum Gasteiger partial charge on any atom is 0.123 e. The molecule has 4 rings (SSSR count). The van der Waals surface area contributed by atoms with Crippen molar-refractivity contribution in [3.8, 4) is 0 Å². The minimum Gasteiger partial charge on any atom is -0.361 e. The van der Waals surface area contributed by atoms with E-state index in [1.54, 1.807) is 6.07 Å². The first-order chi connectivity index (χ1) is 13.2. The highest BCUT2D eigenvalue weighted by atomic mass is 32.2. The second-order valence-electron chi connectivity index (χ2n) is 6.99. The molecule has 0 amide bonds. The van der Waals surface area contributed by atoms with Crippen molar-refractivity contribution in [3.05, 3.63) is 77.7 Å². The van der Waals surface area contributed by atoms with Gasteiger partial charge in [-0.2, -0.15) is 0 Å². The molecule has 0 fully saturated rings. The summed E-state index contributed by atoms with van der Waals surface area (Å²) in [5, 5.41) is 4.33. The van der Waals surface area contributed by atoms with Gasteiger partial charge in [0, 0.05) is 46.2 Å². The summed E-state index contributed by atoms with van der Waals surface area (Å²) in [6.45, 7) is 0.850. The molecule has 2 atom stereocenters. The monoisotopic (exact) mass is 382 g/mol. The molecule has 27 heavy (non-hydrogen) atoms. The third kappa shape index (κ3) is 4.37. The van der Waals surface area contributed by atoms with Crippen LogP contribution in [0.5, 0.6) is 0 Å². The first-order valence-electron chi connectivity index (χ1n) is 9.27. The van der Waals surface area contributed by atoms with Crippen LogP contribution in [0, 0.1) is 5.82 Å². The summed E-state index contributed by atoms with van der Waals surface area (Å²) in [7, 11) is -0.971. The van der Waals surface area contributed by atoms with Crippen molar-refractivity contribution in [1.29, 1.82) is 0 Å². The third-order valence-corrected chi connectivity index (χ3v) is 6.43. The number of hydrogen-bond acceptors (Lipinski definition) is 2. The van der Waals surface area contributed by atoms with E-state index in [-0.39, 0.29) is 5.82 Å². The van der Waals surface area contributed by atoms with Gasteiger partial charge in [-0.15, -0.1) is 0 Å². The number of benzene rings is 2. The highest BCUT2D eigenvalue weighted by molar-refractivity contribution is 7.84. The Morgan fingerprint density at radius 1 is 1.15 bits per heavy atom. The van der Waals surface area contributed by atoms with E-state index >= 15 is 0 Å². The number of fused-ring (bicyclic) bond motifs is 1. The summed E-state index contributed by atoms with van der Waals surface area (Å²) in [6.07, 6.45) is 5.91. The van der Waals surface area contributed by atoms with Gasteiger partial charge in [-0.3, -0.25) is 4.21 Å². The Hall–Kier alpha value is -2.24. The van der Waals surface area contributed by atoms with E-state index in [4.69, 9.17) is 0 Å². The normalized spacial score (nSPS) is 18.4. The lowest BCUT2D eigenvalue weighted by molar-refractivity contribution is 0.522. The van der Waals surface area contributed by atoms with E-state index in [1.165, 1.54) is 23.3 Å². The van der Waals surface area contributed by atoms with Gasteiger partial charge in [0.1, 0.15) is 5.82 Å². The van der Waals surface area contributed by atoms with E-state index in [1.807, 2.05) is 12.3 Å². The second kappa shape index (κ2) is 8.19. The number of hydrogen-bond donors (Lipinski definition) is 2. The van der Waals surface area contributed by atoms with Gasteiger partial charge in [-0.1, -0.05) is 36.4 Å². The molecular formula is C22H23FN2OS. The lowest BCUT2D eigenvalue weighted by atomic mass is 9.94. The summed E-state index contributed by atoms with van der Waals surface area (Å²) in [6, 6.07) is 15.4. The molecule has 5 heteroatoms. The van der Waals surface area contributed by atoms with Crippen molar-refractivity contribution in [2.24, 2.45) is 0 Å². The predicted octanol–water partition coefficient (Wildman–Crippen LogP) is 4.39. The van der Waals surface area contributed by atoms with Crippen LogP contribution in [0.25, 0.3) is 16.5 Å². The molecule has 0 bridgehead atoms. The average Bonchev–Trinajstić information content (AvgIpc) is 3.09. The molecule has 2 unspecified atom stereocenters. The van der Waals surface area contributed by atoms with Crippen LogP contribution in [0.4, 0.5) is 4.39 Å². The molecule has 0 saturated heterocycles. The molecule has 0 aliphatic carbocycles. The van der Waals surface area contributed by atoms with Crippen molar-refractivity contribution in [2.45, 2.75) is 24.6 Å². The molecule has 2 aromatic carbocycles. The number of aromatic nitrogens is 1. The number of halogens is 1. The van der Waals surface area contributed by atoms with Crippen LogP contribution in [0.2, 0.25) is 0 Å². The smallest absolute Gasteiger partial charge is 0.123 e. The summed E-state index contributed by atoms with van der Waals surface area (Å²) >= 11 is 0. The van der Waals surface area contributed by atoms with Crippen molar-refractivity contribution in [2.75, 3.05) is 12.3 Å². The van der Waals surface area contributed by atoms with Gasteiger partial charge in [-0.25, -0.2) is 4.39 Å². The summed E-state index contributed by atoms with van der Waals surface area (Å²) in [4.78, 5) is 3.13. The van der Waals surface area contributed by atoms with E-state index < -0.39 is 10.8 Å². The lowest BCUT2D eigenvalue weighted by Gasteiger charge is -2.24. The van der Waals surface area contributed by atoms with E-state index in [9.17, 15) is 8.60 Å². The molecule has 0 spiro atoms. The Bertz CT molecular complexity index is 980. The van der Waals surface area contributed by atoms with Crippen LogP contribution < -0.4 is 5.32 Å². The van der Waals surface area contributed by atoms with E-state index in [0.717, 1.165) is 35.9 Å². The van der Waals surface area contributed by atoms with Crippen molar-refractivity contribution in [1.82, 2.24) is 10.3 Å². The van der Waals surface area contributed by atoms with Crippen LogP contribution in [0.3, 0.4) is 0 Å². The van der Waals surface area contributed by atoms with Crippen molar-refractivity contribution >= 4 is 27.3 Å². The van der Waals surface area contributed by atoms with Crippen LogP contribution in [-0.2, 0) is 16.6 Å². The lowest BCUT2D eigenvalue weighted by Crippen LogP contribution is -2.34. The zero-order valence-electron chi connectivity index (χ0n) is 15.1. The highest BCUT2D eigenvalue weighted by Gasteiger charge is 2.17. The van der Waals surface area contributed by atoms with Gasteiger partial charge in [0.2, 0.25) is 0 Å². The van der Waals surface area contributed by atoms with Crippen LogP contribution in [0.1, 0.15) is 24.0 Å². The predicted molar refractivity (Wildman–Crippen MR) is 110 cm³/mol. The maximum atomic E-state index is 13.5. The topological polar surface area (TPSA) is 44.9 Å². The molecule has 0 radical (unpaired) electrons. The largest absolute Gasteiger partial charge is 0.361 e. The Morgan fingerprint density at radius 2 is 2.00 bits per heavy atom. The average molecular weight is 383 g/mol. The SMILES string of the molecule is O=S(CCC1CC(c2ccccc2)=CCN1)Cc1c[nH]c2ccc(F)cc12. The molecule has 1 aliphatic rings. The van der Waals surface area contributed by atoms with Gasteiger partial charge in [-0.05, 0) is 47.7 Å². The number of aromatic amines is 1. The summed E-state index contributed by atoms with van der Waals surface area (Å²) in [5.74, 6) is 0.833. The summed E-state index contributed by atoms with van der Waals surface area (Å²) in [5.41, 5.74) is 4.43. The van der Waals surface area contributed by atoms with E-state index in [2.05, 4.69) is 40.6 Å². The fourth-order valence-corrected chi connectivity index (χ4v) is 4.93. The van der Waals surface area contributed by atoms with Crippen LogP contribution >= 0.6 is 0 Å². The fraction of sp³-hybridized carbons (Fsp3) is 0.273. The van der Waals surface area contributed by atoms with Crippen LogP contribution in [-0.4, -0.2) is 27.5 Å². The molecule has 3 aromatic rings. The summed E-state index contributed by atoms with van der Waals surface area (Å²) < 4.78 is 26.1. The Kier molecular flexibility index (Phi) is 5.50. The van der Waals surface area contributed by atoms with Gasteiger partial charge in [0.05, 0.1) is 5.75 Å². The zero-order valence-corrected chi connectivity index (χ0v) is 15.9. The minimum atomic E-state index is -0.971. The Morgan fingerprint density at radius 3 is 2.85 bits per heavy atom.